The highest BCUT2D eigenvalue weighted by molar-refractivity contribution is 8.00. The molecule has 0 saturated carbocycles. The SMILES string of the molecule is CCN(CCNC(=O)CCCC[C@H]1SCC2NC(=O)NC21)c1ccc2cc(C(C)=O)c(=O)oc2c1. The van der Waals surface area contributed by atoms with E-state index in [0.717, 1.165) is 37.2 Å². The number of carbonyl (C=O) groups is 3. The number of fused-ring (bicyclic) bond motifs is 2. The first-order valence-electron chi connectivity index (χ1n) is 12.1. The second-order valence-electron chi connectivity index (χ2n) is 9.02. The Morgan fingerprint density at radius 1 is 1.20 bits per heavy atom. The van der Waals surface area contributed by atoms with Crippen LogP contribution in [0.4, 0.5) is 10.5 Å². The van der Waals surface area contributed by atoms with Gasteiger partial charge in [-0.2, -0.15) is 11.8 Å². The summed E-state index contributed by atoms with van der Waals surface area (Å²) in [5, 5.41) is 10.1. The highest BCUT2D eigenvalue weighted by Crippen LogP contribution is 2.33. The Balaban J connectivity index is 1.20. The van der Waals surface area contributed by atoms with E-state index in [-0.39, 0.29) is 35.4 Å². The van der Waals surface area contributed by atoms with Crippen LogP contribution in [-0.4, -0.2) is 60.4 Å². The largest absolute Gasteiger partial charge is 0.422 e. The minimum Gasteiger partial charge on any atom is -0.422 e. The number of benzene rings is 1. The first-order valence-corrected chi connectivity index (χ1v) is 13.2. The number of nitrogens with one attached hydrogen (secondary N) is 3. The van der Waals surface area contributed by atoms with Crippen LogP contribution in [0.2, 0.25) is 0 Å². The molecule has 2 aliphatic rings. The van der Waals surface area contributed by atoms with E-state index in [9.17, 15) is 19.2 Å². The average molecular weight is 501 g/mol. The molecular weight excluding hydrogens is 468 g/mol. The first-order chi connectivity index (χ1) is 16.9. The Bertz CT molecular complexity index is 1170. The zero-order chi connectivity index (χ0) is 24.9. The van der Waals surface area contributed by atoms with Crippen molar-refractivity contribution in [2.75, 3.05) is 30.3 Å². The molecule has 0 bridgehead atoms. The molecule has 2 saturated heterocycles. The maximum Gasteiger partial charge on any atom is 0.347 e. The Kier molecular flexibility index (Phi) is 8.00. The van der Waals surface area contributed by atoms with Crippen molar-refractivity contribution >= 4 is 46.1 Å². The molecular formula is C25H32N4O5S. The lowest BCUT2D eigenvalue weighted by Crippen LogP contribution is -2.36. The van der Waals surface area contributed by atoms with Crippen molar-refractivity contribution in [3.05, 3.63) is 40.2 Å². The van der Waals surface area contributed by atoms with Crippen molar-refractivity contribution in [2.45, 2.75) is 56.9 Å². The minimum atomic E-state index is -0.631. The molecule has 4 rings (SSSR count). The summed E-state index contributed by atoms with van der Waals surface area (Å²) < 4.78 is 5.35. The molecule has 9 nitrogen and oxygen atoms in total. The summed E-state index contributed by atoms with van der Waals surface area (Å²) in [6, 6.07) is 7.49. The standard InChI is InChI=1S/C25H32N4O5S/c1-3-29(17-9-8-16-12-18(15(2)30)24(32)34-20(16)13-17)11-10-26-22(31)7-5-4-6-21-23-19(14-35-21)27-25(33)28-23/h8-9,12-13,19,21,23H,3-7,10-11,14H2,1-2H3,(H,26,31)(H2,27,28,33)/t19?,21-,23?/m1/s1. The van der Waals surface area contributed by atoms with E-state index in [1.54, 1.807) is 12.1 Å². The van der Waals surface area contributed by atoms with Crippen LogP contribution in [0.25, 0.3) is 11.0 Å². The number of anilines is 1. The molecule has 188 valence electrons. The summed E-state index contributed by atoms with van der Waals surface area (Å²) in [6.45, 7) is 5.23. The molecule has 1 aromatic carbocycles. The first kappa shape index (κ1) is 25.1. The van der Waals surface area contributed by atoms with Crippen LogP contribution >= 0.6 is 11.8 Å². The maximum atomic E-state index is 12.3. The van der Waals surface area contributed by atoms with Gasteiger partial charge < -0.3 is 25.3 Å². The van der Waals surface area contributed by atoms with Crippen LogP contribution in [0.15, 0.2) is 33.5 Å². The lowest BCUT2D eigenvalue weighted by atomic mass is 10.0. The fourth-order valence-corrected chi connectivity index (χ4v) is 6.25. The molecule has 3 atom stereocenters. The predicted molar refractivity (Wildman–Crippen MR) is 137 cm³/mol. The van der Waals surface area contributed by atoms with Gasteiger partial charge in [0.2, 0.25) is 5.91 Å². The highest BCUT2D eigenvalue weighted by atomic mass is 32.2. The Hall–Kier alpha value is -3.01. The minimum absolute atomic E-state index is 0.0371. The number of thioether (sulfide) groups is 1. The van der Waals surface area contributed by atoms with Crippen molar-refractivity contribution in [2.24, 2.45) is 0 Å². The quantitative estimate of drug-likeness (QED) is 0.188. The topological polar surface area (TPSA) is 121 Å². The van der Waals surface area contributed by atoms with E-state index < -0.39 is 5.63 Å². The Labute approximate surface area is 208 Å². The van der Waals surface area contributed by atoms with Gasteiger partial charge in [0.1, 0.15) is 11.1 Å². The summed E-state index contributed by atoms with van der Waals surface area (Å²) in [5.41, 5.74) is 0.732. The van der Waals surface area contributed by atoms with Gasteiger partial charge in [-0.05, 0) is 44.9 Å². The van der Waals surface area contributed by atoms with Crippen molar-refractivity contribution in [1.29, 1.82) is 0 Å². The Morgan fingerprint density at radius 2 is 2.03 bits per heavy atom. The number of urea groups is 1. The second kappa shape index (κ2) is 11.2. The van der Waals surface area contributed by atoms with Crippen LogP contribution in [0.1, 0.15) is 49.9 Å². The fourth-order valence-electron chi connectivity index (χ4n) is 4.70. The third-order valence-electron chi connectivity index (χ3n) is 6.63. The van der Waals surface area contributed by atoms with Crippen LogP contribution in [0.3, 0.4) is 0 Å². The molecule has 35 heavy (non-hydrogen) atoms. The van der Waals surface area contributed by atoms with Gasteiger partial charge in [-0.15, -0.1) is 0 Å². The van der Waals surface area contributed by atoms with E-state index >= 15 is 0 Å². The number of unbranched alkanes of at least 4 members (excludes halogenated alkanes) is 1. The number of hydrogen-bond acceptors (Lipinski definition) is 7. The summed E-state index contributed by atoms with van der Waals surface area (Å²) in [7, 11) is 0. The molecule has 10 heteroatoms. The van der Waals surface area contributed by atoms with Gasteiger partial charge in [-0.25, -0.2) is 9.59 Å². The molecule has 2 aliphatic heterocycles. The van der Waals surface area contributed by atoms with E-state index in [0.29, 0.717) is 35.7 Å². The molecule has 0 radical (unpaired) electrons. The molecule has 2 aromatic rings. The number of likely N-dealkylation sites (N-methyl/N-ethyl adjacent to an activating group) is 1. The fraction of sp³-hybridized carbons (Fsp3) is 0.520. The van der Waals surface area contributed by atoms with Gasteiger partial charge in [-0.1, -0.05) is 6.42 Å². The van der Waals surface area contributed by atoms with Crippen molar-refractivity contribution in [3.63, 3.8) is 0 Å². The number of carbonyl (C=O) groups excluding carboxylic acids is 3. The number of ketones is 1. The average Bonchev–Trinajstić information content (AvgIpc) is 3.37. The van der Waals surface area contributed by atoms with Crippen molar-refractivity contribution < 1.29 is 18.8 Å². The van der Waals surface area contributed by atoms with Crippen LogP contribution in [0, 0.1) is 0 Å². The van der Waals surface area contributed by atoms with Crippen LogP contribution in [-0.2, 0) is 4.79 Å². The van der Waals surface area contributed by atoms with E-state index in [1.807, 2.05) is 30.8 Å². The van der Waals surface area contributed by atoms with Gasteiger partial charge in [0.15, 0.2) is 5.78 Å². The third-order valence-corrected chi connectivity index (χ3v) is 8.14. The molecule has 0 aliphatic carbocycles. The van der Waals surface area contributed by atoms with Gasteiger partial charge in [-0.3, -0.25) is 9.59 Å². The molecule has 2 unspecified atom stereocenters. The van der Waals surface area contributed by atoms with E-state index in [2.05, 4.69) is 20.9 Å². The van der Waals surface area contributed by atoms with E-state index in [4.69, 9.17) is 4.42 Å². The maximum absolute atomic E-state index is 12.3. The number of amides is 3. The molecule has 3 heterocycles. The molecule has 2 fully saturated rings. The monoisotopic (exact) mass is 500 g/mol. The number of Topliss-reactive ketones (excluding diaryl/α,β-unsaturated/α-hetero) is 1. The zero-order valence-corrected chi connectivity index (χ0v) is 20.9. The van der Waals surface area contributed by atoms with Gasteiger partial charge in [0.05, 0.1) is 12.1 Å². The van der Waals surface area contributed by atoms with Gasteiger partial charge >= 0.3 is 11.7 Å². The summed E-state index contributed by atoms with van der Waals surface area (Å²) in [4.78, 5) is 49.5. The number of rotatable bonds is 11. The molecule has 3 amide bonds. The smallest absolute Gasteiger partial charge is 0.347 e. The normalized spacial score (nSPS) is 20.9. The number of nitrogens with zero attached hydrogens (tertiary/aromatic N) is 1. The van der Waals surface area contributed by atoms with E-state index in [1.165, 1.54) is 6.92 Å². The van der Waals surface area contributed by atoms with Crippen LogP contribution < -0.4 is 26.5 Å². The number of hydrogen-bond donors (Lipinski definition) is 3. The summed E-state index contributed by atoms with van der Waals surface area (Å²) in [6.07, 6.45) is 3.27. The van der Waals surface area contributed by atoms with Gasteiger partial charge in [0, 0.05) is 54.2 Å². The third kappa shape index (κ3) is 5.98. The lowest BCUT2D eigenvalue weighted by Gasteiger charge is -2.23. The molecule has 0 spiro atoms. The zero-order valence-electron chi connectivity index (χ0n) is 20.1. The highest BCUT2D eigenvalue weighted by Gasteiger charge is 2.42. The van der Waals surface area contributed by atoms with Crippen molar-refractivity contribution in [3.8, 4) is 0 Å². The second-order valence-corrected chi connectivity index (χ2v) is 10.3. The van der Waals surface area contributed by atoms with Crippen LogP contribution in [0.5, 0.6) is 0 Å². The summed E-state index contributed by atoms with van der Waals surface area (Å²) >= 11 is 1.89. The molecule has 3 N–H and O–H groups in total. The van der Waals surface area contributed by atoms with Gasteiger partial charge in [0.25, 0.3) is 0 Å². The van der Waals surface area contributed by atoms with Crippen molar-refractivity contribution in [1.82, 2.24) is 16.0 Å². The summed E-state index contributed by atoms with van der Waals surface area (Å²) in [5.74, 6) is 0.669. The Morgan fingerprint density at radius 3 is 2.80 bits per heavy atom. The lowest BCUT2D eigenvalue weighted by molar-refractivity contribution is -0.121. The predicted octanol–water partition coefficient (Wildman–Crippen LogP) is 2.66. The molecule has 1 aromatic heterocycles.